The number of rotatable bonds is 5. The van der Waals surface area contributed by atoms with Crippen molar-refractivity contribution >= 4 is 17.5 Å². The predicted molar refractivity (Wildman–Crippen MR) is 89.1 cm³/mol. The summed E-state index contributed by atoms with van der Waals surface area (Å²) >= 11 is 5.88. The molecule has 154 valence electrons. The Labute approximate surface area is 164 Å². The third-order valence-corrected chi connectivity index (χ3v) is 3.92. The van der Waals surface area contributed by atoms with Gasteiger partial charge in [0.2, 0.25) is 11.7 Å². The van der Waals surface area contributed by atoms with Crippen molar-refractivity contribution in [2.24, 2.45) is 0 Å². The number of benzene rings is 1. The van der Waals surface area contributed by atoms with Crippen LogP contribution in [0.5, 0.6) is 0 Å². The van der Waals surface area contributed by atoms with Crippen molar-refractivity contribution in [1.82, 2.24) is 25.2 Å². The molecule has 0 fully saturated rings. The topological polar surface area (TPSA) is 85.8 Å². The van der Waals surface area contributed by atoms with E-state index in [1.807, 2.05) is 0 Å². The number of amides is 1. The van der Waals surface area contributed by atoms with E-state index in [0.717, 1.165) is 0 Å². The summed E-state index contributed by atoms with van der Waals surface area (Å²) in [4.78, 5) is 16.3. The van der Waals surface area contributed by atoms with E-state index in [9.17, 15) is 26.7 Å². The van der Waals surface area contributed by atoms with Crippen LogP contribution in [-0.4, -0.2) is 25.8 Å². The van der Waals surface area contributed by atoms with Gasteiger partial charge in [-0.05, 0) is 19.1 Å². The Bertz CT molecular complexity index is 1030. The summed E-state index contributed by atoms with van der Waals surface area (Å²) in [6.45, 7) is -2.05. The van der Waals surface area contributed by atoms with Crippen molar-refractivity contribution in [2.45, 2.75) is 25.7 Å². The van der Waals surface area contributed by atoms with Gasteiger partial charge in [-0.15, -0.1) is 0 Å². The Morgan fingerprint density at radius 2 is 2.00 bits per heavy atom. The van der Waals surface area contributed by atoms with Crippen LogP contribution >= 0.6 is 11.6 Å². The van der Waals surface area contributed by atoms with Crippen LogP contribution in [0.4, 0.5) is 22.0 Å². The molecule has 3 rings (SSSR count). The highest BCUT2D eigenvalue weighted by Crippen LogP contribution is 2.30. The number of halogens is 6. The van der Waals surface area contributed by atoms with Crippen LogP contribution in [-0.2, 0) is 6.18 Å². The Balaban J connectivity index is 1.80. The van der Waals surface area contributed by atoms with Gasteiger partial charge in [-0.25, -0.2) is 0 Å². The maximum atomic E-state index is 13.0. The molecule has 0 spiro atoms. The Morgan fingerprint density at radius 1 is 1.28 bits per heavy atom. The third-order valence-electron chi connectivity index (χ3n) is 3.69. The summed E-state index contributed by atoms with van der Waals surface area (Å²) in [7, 11) is 0. The van der Waals surface area contributed by atoms with E-state index < -0.39 is 36.1 Å². The SMILES string of the molecule is C[C@H](NC(=O)c1cc(C(F)(F)F)nn1C(F)F)c1nc(-c2cccc(Cl)c2)no1. The quantitative estimate of drug-likeness (QED) is 0.597. The maximum Gasteiger partial charge on any atom is 0.435 e. The summed E-state index contributed by atoms with van der Waals surface area (Å²) in [5, 5.41) is 9.13. The fourth-order valence-corrected chi connectivity index (χ4v) is 2.53. The summed E-state index contributed by atoms with van der Waals surface area (Å²) in [6.07, 6.45) is -4.99. The Morgan fingerprint density at radius 3 is 2.62 bits per heavy atom. The summed E-state index contributed by atoms with van der Waals surface area (Å²) in [5.74, 6) is -1.16. The molecule has 0 unspecified atom stereocenters. The molecule has 7 nitrogen and oxygen atoms in total. The third kappa shape index (κ3) is 4.53. The standard InChI is InChI=1S/C16H11ClF5N5O2/c1-7(14-24-12(26-29-14)8-3-2-4-9(17)5-8)23-13(28)10-6-11(16(20,21)22)25-27(10)15(18)19/h2-7,15H,1H3,(H,23,28)/t7-/m0/s1. The highest BCUT2D eigenvalue weighted by molar-refractivity contribution is 6.30. The van der Waals surface area contributed by atoms with Gasteiger partial charge in [0, 0.05) is 16.7 Å². The molecule has 0 saturated carbocycles. The number of nitrogens with one attached hydrogen (secondary N) is 1. The van der Waals surface area contributed by atoms with E-state index in [0.29, 0.717) is 10.6 Å². The van der Waals surface area contributed by atoms with Crippen molar-refractivity contribution in [1.29, 1.82) is 0 Å². The summed E-state index contributed by atoms with van der Waals surface area (Å²) in [5.41, 5.74) is -2.05. The van der Waals surface area contributed by atoms with Gasteiger partial charge in [-0.1, -0.05) is 28.9 Å². The first-order valence-electron chi connectivity index (χ1n) is 7.91. The van der Waals surface area contributed by atoms with Crippen LogP contribution in [0.1, 0.15) is 41.6 Å². The highest BCUT2D eigenvalue weighted by atomic mass is 35.5. The monoisotopic (exact) mass is 435 g/mol. The second-order valence-corrected chi connectivity index (χ2v) is 6.23. The van der Waals surface area contributed by atoms with E-state index in [1.165, 1.54) is 6.92 Å². The molecule has 13 heteroatoms. The average Bonchev–Trinajstić information content (AvgIpc) is 3.29. The van der Waals surface area contributed by atoms with Gasteiger partial charge < -0.3 is 9.84 Å². The van der Waals surface area contributed by atoms with Gasteiger partial charge in [0.25, 0.3) is 5.91 Å². The van der Waals surface area contributed by atoms with Crippen LogP contribution in [0.15, 0.2) is 34.9 Å². The van der Waals surface area contributed by atoms with Gasteiger partial charge in [0.15, 0.2) is 5.69 Å². The molecule has 0 aliphatic heterocycles. The zero-order valence-corrected chi connectivity index (χ0v) is 15.2. The number of hydrogen-bond donors (Lipinski definition) is 1. The highest BCUT2D eigenvalue weighted by Gasteiger charge is 2.37. The van der Waals surface area contributed by atoms with Gasteiger partial charge in [-0.3, -0.25) is 4.79 Å². The number of carbonyl (C=O) groups is 1. The summed E-state index contributed by atoms with van der Waals surface area (Å²) in [6, 6.07) is 5.76. The van der Waals surface area contributed by atoms with E-state index in [1.54, 1.807) is 24.3 Å². The van der Waals surface area contributed by atoms with E-state index >= 15 is 0 Å². The lowest BCUT2D eigenvalue weighted by molar-refractivity contribution is -0.142. The summed E-state index contributed by atoms with van der Waals surface area (Å²) < 4.78 is 68.9. The van der Waals surface area contributed by atoms with Gasteiger partial charge in [0.05, 0.1) is 0 Å². The minimum atomic E-state index is -4.99. The fourth-order valence-electron chi connectivity index (χ4n) is 2.34. The molecule has 2 aromatic heterocycles. The second-order valence-electron chi connectivity index (χ2n) is 5.80. The van der Waals surface area contributed by atoms with Crippen molar-refractivity contribution in [3.63, 3.8) is 0 Å². The Kier molecular flexibility index (Phi) is 5.55. The molecule has 0 radical (unpaired) electrons. The predicted octanol–water partition coefficient (Wildman–Crippen LogP) is 4.49. The normalized spacial score (nSPS) is 13.0. The first kappa shape index (κ1) is 20.7. The largest absolute Gasteiger partial charge is 0.435 e. The van der Waals surface area contributed by atoms with Crippen molar-refractivity contribution in [2.75, 3.05) is 0 Å². The maximum absolute atomic E-state index is 13.0. The number of nitrogens with zero attached hydrogens (tertiary/aromatic N) is 4. The zero-order chi connectivity index (χ0) is 21.3. The van der Waals surface area contributed by atoms with Crippen molar-refractivity contribution in [3.05, 3.63) is 52.6 Å². The average molecular weight is 436 g/mol. The molecular weight excluding hydrogens is 425 g/mol. The molecule has 1 aromatic carbocycles. The molecule has 0 aliphatic rings. The molecule has 1 amide bonds. The minimum Gasteiger partial charge on any atom is -0.339 e. The van der Waals surface area contributed by atoms with E-state index in [-0.39, 0.29) is 22.5 Å². The lowest BCUT2D eigenvalue weighted by Crippen LogP contribution is -2.29. The molecule has 1 atom stereocenters. The van der Waals surface area contributed by atoms with Gasteiger partial charge in [-0.2, -0.15) is 36.7 Å². The van der Waals surface area contributed by atoms with Crippen molar-refractivity contribution in [3.8, 4) is 11.4 Å². The lowest BCUT2D eigenvalue weighted by atomic mass is 10.2. The van der Waals surface area contributed by atoms with Crippen LogP contribution in [0.3, 0.4) is 0 Å². The fraction of sp³-hybridized carbons (Fsp3) is 0.250. The smallest absolute Gasteiger partial charge is 0.339 e. The molecule has 3 aromatic rings. The zero-order valence-electron chi connectivity index (χ0n) is 14.4. The van der Waals surface area contributed by atoms with Crippen LogP contribution in [0, 0.1) is 0 Å². The first-order valence-corrected chi connectivity index (χ1v) is 8.29. The van der Waals surface area contributed by atoms with Crippen LogP contribution in [0.25, 0.3) is 11.4 Å². The molecular formula is C16H11ClF5N5O2. The molecule has 29 heavy (non-hydrogen) atoms. The van der Waals surface area contributed by atoms with E-state index in [2.05, 4.69) is 20.6 Å². The van der Waals surface area contributed by atoms with Crippen LogP contribution in [0.2, 0.25) is 5.02 Å². The number of alkyl halides is 5. The number of carbonyl (C=O) groups excluding carboxylic acids is 1. The van der Waals surface area contributed by atoms with E-state index in [4.69, 9.17) is 16.1 Å². The molecule has 0 aliphatic carbocycles. The van der Waals surface area contributed by atoms with Crippen molar-refractivity contribution < 1.29 is 31.3 Å². The lowest BCUT2D eigenvalue weighted by Gasteiger charge is -2.10. The minimum absolute atomic E-state index is 0.0903. The Hall–Kier alpha value is -3.02. The second kappa shape index (κ2) is 7.78. The first-order chi connectivity index (χ1) is 13.6. The van der Waals surface area contributed by atoms with Gasteiger partial charge in [0.1, 0.15) is 11.7 Å². The molecule has 0 saturated heterocycles. The molecule has 1 N–H and O–H groups in total. The van der Waals surface area contributed by atoms with Crippen LogP contribution < -0.4 is 5.32 Å². The number of aromatic nitrogens is 4. The molecule has 0 bridgehead atoms. The molecule has 2 heterocycles. The van der Waals surface area contributed by atoms with Gasteiger partial charge >= 0.3 is 12.7 Å². The number of hydrogen-bond acceptors (Lipinski definition) is 5.